The quantitative estimate of drug-likeness (QED) is 0.396. The fourth-order valence-corrected chi connectivity index (χ4v) is 9.77. The number of piperidine rings is 1. The van der Waals surface area contributed by atoms with Crippen LogP contribution in [-0.4, -0.2) is 99.6 Å². The molecule has 1 saturated carbocycles. The van der Waals surface area contributed by atoms with Crippen molar-refractivity contribution >= 4 is 21.8 Å². The van der Waals surface area contributed by atoms with Gasteiger partial charge in [0.05, 0.1) is 22.4 Å². The van der Waals surface area contributed by atoms with Crippen molar-refractivity contribution in [3.8, 4) is 5.69 Å². The smallest absolute Gasteiger partial charge is 0.248 e. The third kappa shape index (κ3) is 6.50. The number of carbonyl (C=O) groups excluding carboxylic acids is 2. The fraction of sp³-hybridized carbons (Fsp3) is 0.686. The zero-order chi connectivity index (χ0) is 33.3. The molecule has 11 nitrogen and oxygen atoms in total. The van der Waals surface area contributed by atoms with Crippen molar-refractivity contribution in [2.24, 2.45) is 5.92 Å². The van der Waals surface area contributed by atoms with Gasteiger partial charge in [-0.3, -0.25) is 14.5 Å². The number of sulfonamides is 1. The Labute approximate surface area is 279 Å². The first-order valence-corrected chi connectivity index (χ1v) is 19.2. The number of hydrogen-bond donors (Lipinski definition) is 2. The second kappa shape index (κ2) is 14.0. The standard InChI is InChI=1S/C35H52N6O5S/c1-4-5-21-40-33(43)31(32(42)27-11-7-6-8-12-27)36-34(44)35(40)17-22-38(23-18-35)24-30-25(2)37-41(26(30)3)28-13-15-29(16-14-28)47(45,46)39-19-9-10-20-39/h13-16,27,31-32,42H,4-12,17-24H2,1-3H3,(H,36,44). The predicted octanol–water partition coefficient (Wildman–Crippen LogP) is 3.68. The highest BCUT2D eigenvalue weighted by molar-refractivity contribution is 7.89. The van der Waals surface area contributed by atoms with Crippen LogP contribution < -0.4 is 5.32 Å². The number of aliphatic hydroxyl groups is 1. The van der Waals surface area contributed by atoms with Crippen molar-refractivity contribution in [3.05, 3.63) is 41.2 Å². The van der Waals surface area contributed by atoms with Gasteiger partial charge in [-0.1, -0.05) is 32.6 Å². The Kier molecular flexibility index (Phi) is 10.1. The van der Waals surface area contributed by atoms with Crippen molar-refractivity contribution < 1.29 is 23.1 Å². The van der Waals surface area contributed by atoms with Crippen LogP contribution in [0.1, 0.15) is 94.5 Å². The van der Waals surface area contributed by atoms with Crippen LogP contribution in [0.25, 0.3) is 5.69 Å². The first kappa shape index (κ1) is 34.1. The maximum Gasteiger partial charge on any atom is 0.248 e. The number of unbranched alkanes of at least 4 members (excludes halogenated alkanes) is 1. The highest BCUT2D eigenvalue weighted by atomic mass is 32.2. The average Bonchev–Trinajstić information content (AvgIpc) is 3.73. The summed E-state index contributed by atoms with van der Waals surface area (Å²) in [6.07, 6.45) is 8.85. The van der Waals surface area contributed by atoms with E-state index < -0.39 is 27.7 Å². The first-order chi connectivity index (χ1) is 22.6. The maximum atomic E-state index is 14.0. The van der Waals surface area contributed by atoms with Crippen molar-refractivity contribution in [2.75, 3.05) is 32.7 Å². The molecule has 2 atom stereocenters. The number of rotatable bonds is 10. The predicted molar refractivity (Wildman–Crippen MR) is 179 cm³/mol. The molecule has 1 aliphatic carbocycles. The van der Waals surface area contributed by atoms with Crippen molar-refractivity contribution in [3.63, 3.8) is 0 Å². The van der Waals surface area contributed by atoms with Gasteiger partial charge in [-0.25, -0.2) is 13.1 Å². The Morgan fingerprint density at radius 1 is 0.979 bits per heavy atom. The number of amides is 2. The zero-order valence-corrected chi connectivity index (χ0v) is 29.1. The molecule has 0 radical (unpaired) electrons. The van der Waals surface area contributed by atoms with Gasteiger partial charge in [-0.2, -0.15) is 9.40 Å². The van der Waals surface area contributed by atoms with Crippen molar-refractivity contribution in [2.45, 2.75) is 121 Å². The lowest BCUT2D eigenvalue weighted by Gasteiger charge is -2.52. The number of aromatic nitrogens is 2. The monoisotopic (exact) mass is 668 g/mol. The Bertz CT molecular complexity index is 1540. The van der Waals surface area contributed by atoms with Gasteiger partial charge in [0.2, 0.25) is 21.8 Å². The molecule has 4 fully saturated rings. The van der Waals surface area contributed by atoms with Crippen LogP contribution in [0.3, 0.4) is 0 Å². The number of aliphatic hydroxyl groups excluding tert-OH is 1. The van der Waals surface area contributed by atoms with E-state index in [1.165, 1.54) is 0 Å². The maximum absolute atomic E-state index is 14.0. The minimum Gasteiger partial charge on any atom is -0.390 e. The number of nitrogens with one attached hydrogen (secondary N) is 1. The van der Waals surface area contributed by atoms with E-state index in [0.29, 0.717) is 57.0 Å². The number of hydrogen-bond acceptors (Lipinski definition) is 7. The Balaban J connectivity index is 1.14. The van der Waals surface area contributed by atoms with E-state index in [1.54, 1.807) is 16.4 Å². The van der Waals surface area contributed by atoms with E-state index in [-0.39, 0.29) is 17.7 Å². The van der Waals surface area contributed by atoms with Gasteiger partial charge >= 0.3 is 0 Å². The van der Waals surface area contributed by atoms with Crippen LogP contribution in [0.5, 0.6) is 0 Å². The number of benzene rings is 1. The number of likely N-dealkylation sites (tertiary alicyclic amines) is 1. The Hall–Kier alpha value is -2.80. The molecule has 4 aliphatic rings. The van der Waals surface area contributed by atoms with Gasteiger partial charge < -0.3 is 15.3 Å². The SMILES string of the molecule is CCCCN1C(=O)C(C(O)C2CCCCC2)NC(=O)C12CCN(Cc1c(C)nn(-c3ccc(S(=O)(=O)N4CCCC4)cc3)c1C)CC2. The van der Waals surface area contributed by atoms with Gasteiger partial charge in [0.1, 0.15) is 11.6 Å². The second-order valence-electron chi connectivity index (χ2n) is 14.2. The van der Waals surface area contributed by atoms with E-state index in [4.69, 9.17) is 5.10 Å². The van der Waals surface area contributed by atoms with E-state index >= 15 is 0 Å². The molecule has 2 N–H and O–H groups in total. The molecular weight excluding hydrogens is 616 g/mol. The zero-order valence-electron chi connectivity index (χ0n) is 28.3. The molecule has 47 heavy (non-hydrogen) atoms. The molecule has 2 aromatic rings. The highest BCUT2D eigenvalue weighted by Crippen LogP contribution is 2.37. The van der Waals surface area contributed by atoms with Crippen LogP contribution in [0, 0.1) is 19.8 Å². The summed E-state index contributed by atoms with van der Waals surface area (Å²) in [5.74, 6) is -0.199. The third-order valence-corrected chi connectivity index (χ3v) is 13.2. The largest absolute Gasteiger partial charge is 0.390 e. The average molecular weight is 669 g/mol. The molecule has 1 aromatic heterocycles. The molecule has 3 saturated heterocycles. The van der Waals surface area contributed by atoms with E-state index in [2.05, 4.69) is 17.1 Å². The molecule has 3 aliphatic heterocycles. The number of nitrogens with zero attached hydrogens (tertiary/aromatic N) is 5. The lowest BCUT2D eigenvalue weighted by atomic mass is 9.78. The molecule has 4 heterocycles. The van der Waals surface area contributed by atoms with Crippen LogP contribution in [0.2, 0.25) is 0 Å². The Morgan fingerprint density at radius 2 is 1.64 bits per heavy atom. The van der Waals surface area contributed by atoms with Gasteiger partial charge in [-0.05, 0) is 89.0 Å². The van der Waals surface area contributed by atoms with Crippen LogP contribution >= 0.6 is 0 Å². The minimum atomic E-state index is -3.48. The lowest BCUT2D eigenvalue weighted by Crippen LogP contribution is -2.75. The highest BCUT2D eigenvalue weighted by Gasteiger charge is 2.55. The summed E-state index contributed by atoms with van der Waals surface area (Å²) in [5.41, 5.74) is 2.93. The molecule has 2 unspecified atom stereocenters. The molecule has 0 bridgehead atoms. The van der Waals surface area contributed by atoms with Gasteiger partial charge in [0.25, 0.3) is 0 Å². The molecule has 258 valence electrons. The molecule has 1 spiro atoms. The molecule has 2 amide bonds. The molecular formula is C35H52N6O5S. The minimum absolute atomic E-state index is 0.0511. The fourth-order valence-electron chi connectivity index (χ4n) is 8.25. The number of carbonyl (C=O) groups is 2. The second-order valence-corrected chi connectivity index (χ2v) is 16.1. The summed E-state index contributed by atoms with van der Waals surface area (Å²) < 4.78 is 29.4. The third-order valence-electron chi connectivity index (χ3n) is 11.3. The summed E-state index contributed by atoms with van der Waals surface area (Å²) in [6.45, 7) is 9.78. The summed E-state index contributed by atoms with van der Waals surface area (Å²) in [7, 11) is -3.48. The van der Waals surface area contributed by atoms with Crippen molar-refractivity contribution in [1.82, 2.24) is 29.2 Å². The van der Waals surface area contributed by atoms with Gasteiger partial charge in [0, 0.05) is 50.5 Å². The summed E-state index contributed by atoms with van der Waals surface area (Å²) >= 11 is 0. The summed E-state index contributed by atoms with van der Waals surface area (Å²) in [6, 6.07) is 6.11. The molecule has 6 rings (SSSR count). The van der Waals surface area contributed by atoms with Gasteiger partial charge in [-0.15, -0.1) is 0 Å². The summed E-state index contributed by atoms with van der Waals surface area (Å²) in [4.78, 5) is 32.3. The number of piperazine rings is 1. The first-order valence-electron chi connectivity index (χ1n) is 17.8. The number of aryl methyl sites for hydroxylation is 1. The van der Waals surface area contributed by atoms with Crippen LogP contribution in [-0.2, 0) is 26.2 Å². The normalized spacial score (nSPS) is 23.8. The Morgan fingerprint density at radius 3 is 2.28 bits per heavy atom. The summed E-state index contributed by atoms with van der Waals surface area (Å²) in [5, 5.41) is 19.1. The van der Waals surface area contributed by atoms with E-state index in [0.717, 1.165) is 80.4 Å². The molecule has 1 aromatic carbocycles. The van der Waals surface area contributed by atoms with Crippen LogP contribution in [0.4, 0.5) is 0 Å². The van der Waals surface area contributed by atoms with E-state index in [1.807, 2.05) is 35.6 Å². The molecule has 12 heteroatoms. The lowest BCUT2D eigenvalue weighted by molar-refractivity contribution is -0.166. The van der Waals surface area contributed by atoms with Crippen LogP contribution in [0.15, 0.2) is 29.2 Å². The van der Waals surface area contributed by atoms with Crippen molar-refractivity contribution in [1.29, 1.82) is 0 Å². The topological polar surface area (TPSA) is 128 Å². The van der Waals surface area contributed by atoms with E-state index in [9.17, 15) is 23.1 Å². The van der Waals surface area contributed by atoms with Gasteiger partial charge in [0.15, 0.2) is 0 Å².